The summed E-state index contributed by atoms with van der Waals surface area (Å²) in [4.78, 5) is 2.52. The van der Waals surface area contributed by atoms with Gasteiger partial charge in [-0.3, -0.25) is 4.90 Å². The van der Waals surface area contributed by atoms with Crippen LogP contribution in [-0.4, -0.2) is 51.4 Å². The second-order valence-electron chi connectivity index (χ2n) is 5.49. The summed E-state index contributed by atoms with van der Waals surface area (Å²) in [6.45, 7) is 8.16. The van der Waals surface area contributed by atoms with Crippen LogP contribution in [0.4, 0.5) is 0 Å². The Bertz CT molecular complexity index is 450. The van der Waals surface area contributed by atoms with E-state index in [0.717, 1.165) is 38.4 Å². The van der Waals surface area contributed by atoms with Crippen LogP contribution < -0.4 is 10.1 Å². The highest BCUT2D eigenvalue weighted by Gasteiger charge is 2.35. The van der Waals surface area contributed by atoms with Crippen LogP contribution >= 0.6 is 0 Å². The number of methoxy groups -OCH3 is 2. The van der Waals surface area contributed by atoms with Crippen LogP contribution in [0.5, 0.6) is 5.75 Å². The predicted molar refractivity (Wildman–Crippen MR) is 86.0 cm³/mol. The van der Waals surface area contributed by atoms with Crippen molar-refractivity contribution in [1.82, 2.24) is 10.2 Å². The van der Waals surface area contributed by atoms with E-state index in [1.165, 1.54) is 11.1 Å². The van der Waals surface area contributed by atoms with Crippen molar-refractivity contribution in [3.63, 3.8) is 0 Å². The first kappa shape index (κ1) is 16.3. The van der Waals surface area contributed by atoms with Gasteiger partial charge in [0.25, 0.3) is 0 Å². The predicted octanol–water partition coefficient (Wildman–Crippen LogP) is 2.24. The van der Waals surface area contributed by atoms with Crippen molar-refractivity contribution >= 4 is 0 Å². The fourth-order valence-corrected chi connectivity index (χ4v) is 3.30. The Balaban J connectivity index is 2.23. The van der Waals surface area contributed by atoms with Crippen LogP contribution in [-0.2, 0) is 11.2 Å². The maximum absolute atomic E-state index is 5.39. The van der Waals surface area contributed by atoms with Crippen LogP contribution in [0.2, 0.25) is 0 Å². The number of ether oxygens (including phenoxy) is 2. The summed E-state index contributed by atoms with van der Waals surface area (Å²) in [6.07, 6.45) is 1.09. The minimum absolute atomic E-state index is 0.372. The standard InChI is InChI=1S/C17H28N2O2/c1-5-18-17-15-12-14(21-4)8-7-13(15)11-16(17)19(6-2)9-10-20-3/h7-8,12,16-18H,5-6,9-11H2,1-4H3. The van der Waals surface area contributed by atoms with E-state index >= 15 is 0 Å². The van der Waals surface area contributed by atoms with Gasteiger partial charge in [-0.1, -0.05) is 19.9 Å². The van der Waals surface area contributed by atoms with Gasteiger partial charge in [0.15, 0.2) is 0 Å². The fourth-order valence-electron chi connectivity index (χ4n) is 3.30. The molecule has 1 aliphatic carbocycles. The van der Waals surface area contributed by atoms with E-state index in [1.807, 2.05) is 0 Å². The molecule has 0 bridgehead atoms. The normalized spacial score (nSPS) is 20.8. The van der Waals surface area contributed by atoms with Crippen molar-refractivity contribution in [1.29, 1.82) is 0 Å². The molecular weight excluding hydrogens is 264 g/mol. The Labute approximate surface area is 128 Å². The van der Waals surface area contributed by atoms with Crippen LogP contribution in [0.15, 0.2) is 18.2 Å². The van der Waals surface area contributed by atoms with Crippen molar-refractivity contribution in [2.45, 2.75) is 32.4 Å². The molecular formula is C17H28N2O2. The number of nitrogens with one attached hydrogen (secondary N) is 1. The van der Waals surface area contributed by atoms with Crippen molar-refractivity contribution < 1.29 is 9.47 Å². The Kier molecular flexibility index (Phi) is 6.03. The highest BCUT2D eigenvalue weighted by molar-refractivity contribution is 5.42. The zero-order valence-corrected chi connectivity index (χ0v) is 13.7. The van der Waals surface area contributed by atoms with E-state index in [1.54, 1.807) is 14.2 Å². The second kappa shape index (κ2) is 7.78. The maximum Gasteiger partial charge on any atom is 0.119 e. The molecule has 0 aromatic heterocycles. The zero-order chi connectivity index (χ0) is 15.2. The Morgan fingerprint density at radius 3 is 2.71 bits per heavy atom. The summed E-state index contributed by atoms with van der Waals surface area (Å²) in [5, 5.41) is 3.66. The number of benzene rings is 1. The third-order valence-electron chi connectivity index (χ3n) is 4.38. The Hall–Kier alpha value is -1.10. The van der Waals surface area contributed by atoms with Gasteiger partial charge < -0.3 is 14.8 Å². The van der Waals surface area contributed by atoms with Gasteiger partial charge in [-0.2, -0.15) is 0 Å². The molecule has 21 heavy (non-hydrogen) atoms. The van der Waals surface area contributed by atoms with Crippen LogP contribution in [0, 0.1) is 0 Å². The first-order valence-corrected chi connectivity index (χ1v) is 7.88. The summed E-state index contributed by atoms with van der Waals surface area (Å²) < 4.78 is 10.7. The Morgan fingerprint density at radius 1 is 1.29 bits per heavy atom. The molecule has 118 valence electrons. The van der Waals surface area contributed by atoms with Gasteiger partial charge in [0.2, 0.25) is 0 Å². The number of hydrogen-bond acceptors (Lipinski definition) is 4. The van der Waals surface area contributed by atoms with Gasteiger partial charge in [0.1, 0.15) is 5.75 Å². The summed E-state index contributed by atoms with van der Waals surface area (Å²) in [7, 11) is 3.50. The van der Waals surface area contributed by atoms with Gasteiger partial charge in [0, 0.05) is 25.7 Å². The number of fused-ring (bicyclic) bond motifs is 1. The lowest BCUT2D eigenvalue weighted by Crippen LogP contribution is -2.44. The third-order valence-corrected chi connectivity index (χ3v) is 4.38. The molecule has 4 heteroatoms. The van der Waals surface area contributed by atoms with Gasteiger partial charge in [-0.05, 0) is 42.8 Å². The third kappa shape index (κ3) is 3.57. The first-order chi connectivity index (χ1) is 10.2. The molecule has 0 saturated carbocycles. The fraction of sp³-hybridized carbons (Fsp3) is 0.647. The molecule has 0 spiro atoms. The highest BCUT2D eigenvalue weighted by Crippen LogP contribution is 2.36. The van der Waals surface area contributed by atoms with Crippen LogP contribution in [0.25, 0.3) is 0 Å². The average molecular weight is 292 g/mol. The van der Waals surface area contributed by atoms with Crippen LogP contribution in [0.3, 0.4) is 0 Å². The van der Waals surface area contributed by atoms with Gasteiger partial charge in [0.05, 0.1) is 13.7 Å². The lowest BCUT2D eigenvalue weighted by Gasteiger charge is -2.32. The van der Waals surface area contributed by atoms with E-state index in [0.29, 0.717) is 12.1 Å². The van der Waals surface area contributed by atoms with E-state index < -0.39 is 0 Å². The summed E-state index contributed by atoms with van der Waals surface area (Å²) in [5.41, 5.74) is 2.82. The molecule has 1 aromatic carbocycles. The number of likely N-dealkylation sites (N-methyl/N-ethyl adjacent to an activating group) is 2. The molecule has 0 radical (unpaired) electrons. The van der Waals surface area contributed by atoms with E-state index in [-0.39, 0.29) is 0 Å². The molecule has 4 nitrogen and oxygen atoms in total. The van der Waals surface area contributed by atoms with Crippen molar-refractivity contribution in [3.8, 4) is 5.75 Å². The van der Waals surface area contributed by atoms with Gasteiger partial charge >= 0.3 is 0 Å². The van der Waals surface area contributed by atoms with Crippen molar-refractivity contribution in [2.75, 3.05) is 40.5 Å². The monoisotopic (exact) mass is 292 g/mol. The second-order valence-corrected chi connectivity index (χ2v) is 5.49. The summed E-state index contributed by atoms with van der Waals surface area (Å²) >= 11 is 0. The number of hydrogen-bond donors (Lipinski definition) is 1. The summed E-state index contributed by atoms with van der Waals surface area (Å²) in [6, 6.07) is 7.33. The van der Waals surface area contributed by atoms with E-state index in [2.05, 4.69) is 42.3 Å². The molecule has 1 N–H and O–H groups in total. The largest absolute Gasteiger partial charge is 0.497 e. The molecule has 2 unspecified atom stereocenters. The molecule has 0 fully saturated rings. The highest BCUT2D eigenvalue weighted by atomic mass is 16.5. The van der Waals surface area contributed by atoms with Gasteiger partial charge in [-0.25, -0.2) is 0 Å². The number of nitrogens with zero attached hydrogens (tertiary/aromatic N) is 1. The molecule has 1 aromatic rings. The summed E-state index contributed by atoms with van der Waals surface area (Å²) in [5.74, 6) is 0.942. The first-order valence-electron chi connectivity index (χ1n) is 7.88. The Morgan fingerprint density at radius 2 is 2.10 bits per heavy atom. The lowest BCUT2D eigenvalue weighted by atomic mass is 10.1. The zero-order valence-electron chi connectivity index (χ0n) is 13.7. The maximum atomic E-state index is 5.39. The molecule has 0 saturated heterocycles. The van der Waals surface area contributed by atoms with Crippen molar-refractivity contribution in [2.24, 2.45) is 0 Å². The van der Waals surface area contributed by atoms with E-state index in [4.69, 9.17) is 9.47 Å². The molecule has 0 aliphatic heterocycles. The molecule has 1 aliphatic rings. The van der Waals surface area contributed by atoms with Crippen LogP contribution in [0.1, 0.15) is 31.0 Å². The van der Waals surface area contributed by atoms with Crippen molar-refractivity contribution in [3.05, 3.63) is 29.3 Å². The molecule has 0 amide bonds. The molecule has 2 rings (SSSR count). The minimum atomic E-state index is 0.372. The minimum Gasteiger partial charge on any atom is -0.497 e. The average Bonchev–Trinajstić information content (AvgIpc) is 2.86. The topological polar surface area (TPSA) is 33.7 Å². The SMILES string of the molecule is CCNC1c2cc(OC)ccc2CC1N(CC)CCOC. The quantitative estimate of drug-likeness (QED) is 0.797. The smallest absolute Gasteiger partial charge is 0.119 e. The number of rotatable bonds is 8. The van der Waals surface area contributed by atoms with E-state index in [9.17, 15) is 0 Å². The lowest BCUT2D eigenvalue weighted by molar-refractivity contribution is 0.111. The van der Waals surface area contributed by atoms with Gasteiger partial charge in [-0.15, -0.1) is 0 Å². The molecule has 2 atom stereocenters. The molecule has 0 heterocycles.